The van der Waals surface area contributed by atoms with Crippen LogP contribution >= 0.6 is 0 Å². The average molecular weight is 310 g/mol. The van der Waals surface area contributed by atoms with Crippen molar-refractivity contribution in [1.82, 2.24) is 9.78 Å². The van der Waals surface area contributed by atoms with E-state index in [0.29, 0.717) is 10.9 Å². The van der Waals surface area contributed by atoms with Gasteiger partial charge in [0.2, 0.25) is 5.85 Å². The van der Waals surface area contributed by atoms with Crippen LogP contribution in [0.15, 0.2) is 18.2 Å². The number of carboxylic acid groups (broad SMARTS) is 1. The van der Waals surface area contributed by atoms with Crippen LogP contribution in [0.3, 0.4) is 0 Å². The Balaban J connectivity index is 2.57. The highest BCUT2D eigenvalue weighted by atomic mass is 19.2. The van der Waals surface area contributed by atoms with Crippen molar-refractivity contribution in [2.24, 2.45) is 0 Å². The molecule has 0 saturated heterocycles. The molecule has 2 N–H and O–H groups in total. The maximum atomic E-state index is 13.6. The van der Waals surface area contributed by atoms with E-state index in [4.69, 9.17) is 4.74 Å². The molecule has 6 nitrogen and oxygen atoms in total. The van der Waals surface area contributed by atoms with Gasteiger partial charge in [0.05, 0.1) is 17.7 Å². The van der Waals surface area contributed by atoms with Crippen molar-refractivity contribution < 1.29 is 24.1 Å². The van der Waals surface area contributed by atoms with E-state index in [0.717, 1.165) is 0 Å². The van der Waals surface area contributed by atoms with Crippen molar-refractivity contribution >= 4 is 16.9 Å². The van der Waals surface area contributed by atoms with Gasteiger partial charge in [0.15, 0.2) is 5.69 Å². The van der Waals surface area contributed by atoms with Crippen molar-refractivity contribution in [2.45, 2.75) is 45.7 Å². The van der Waals surface area contributed by atoms with E-state index in [-0.39, 0.29) is 18.0 Å². The third-order valence-electron chi connectivity index (χ3n) is 2.82. The van der Waals surface area contributed by atoms with E-state index in [9.17, 15) is 19.4 Å². The molecule has 0 aliphatic heterocycles. The lowest BCUT2D eigenvalue weighted by Gasteiger charge is -2.19. The lowest BCUT2D eigenvalue weighted by molar-refractivity contribution is -0.0256. The second-order valence-electron chi connectivity index (χ2n) is 6.27. The molecule has 0 fully saturated rings. The Morgan fingerprint density at radius 2 is 2.00 bits per heavy atom. The fraction of sp³-hybridized carbons (Fsp3) is 0.467. The first-order valence-electron chi connectivity index (χ1n) is 6.80. The number of carboxylic acids is 1. The van der Waals surface area contributed by atoms with Crippen molar-refractivity contribution in [3.8, 4) is 5.75 Å². The van der Waals surface area contributed by atoms with Crippen molar-refractivity contribution in [1.29, 1.82) is 0 Å². The number of aromatic nitrogens is 2. The smallest absolute Gasteiger partial charge is 0.357 e. The molecule has 2 aromatic rings. The van der Waals surface area contributed by atoms with E-state index in [1.54, 1.807) is 13.8 Å². The number of ether oxygens (including phenoxy) is 1. The molecule has 0 bridgehead atoms. The summed E-state index contributed by atoms with van der Waals surface area (Å²) < 4.78 is 20.1. The fourth-order valence-corrected chi connectivity index (χ4v) is 2.14. The third kappa shape index (κ3) is 3.73. The summed E-state index contributed by atoms with van der Waals surface area (Å²) in [5.41, 5.74) is -0.739. The summed E-state index contributed by atoms with van der Waals surface area (Å²) in [7, 11) is 0. The van der Waals surface area contributed by atoms with Crippen molar-refractivity contribution in [3.05, 3.63) is 23.9 Å². The minimum Gasteiger partial charge on any atom is -0.476 e. The van der Waals surface area contributed by atoms with Gasteiger partial charge in [-0.25, -0.2) is 4.79 Å². The quantitative estimate of drug-likeness (QED) is 0.886. The minimum absolute atomic E-state index is 0.0965. The first-order chi connectivity index (χ1) is 9.96. The maximum absolute atomic E-state index is 13.6. The molecule has 0 saturated carbocycles. The summed E-state index contributed by atoms with van der Waals surface area (Å²) in [4.78, 5) is 11.3. The molecule has 0 amide bonds. The number of hydrogen-bond acceptors (Lipinski definition) is 4. The molecular weight excluding hydrogens is 291 g/mol. The standard InChI is InChI=1S/C15H19FN2O4/c1-14(2,21)8-18-11-7-9(22-15(3,4)16)5-6-10(11)12(17-18)13(19)20/h5-7,21H,8H2,1-4H3,(H,19,20). The normalized spacial score (nSPS) is 12.6. The highest BCUT2D eigenvalue weighted by Crippen LogP contribution is 2.27. The first kappa shape index (κ1) is 16.2. The second kappa shape index (κ2) is 5.24. The summed E-state index contributed by atoms with van der Waals surface area (Å²) >= 11 is 0. The summed E-state index contributed by atoms with van der Waals surface area (Å²) in [5.74, 6) is -2.77. The SMILES string of the molecule is CC(C)(O)Cn1nc(C(=O)O)c2ccc(OC(C)(C)F)cc21. The average Bonchev–Trinajstić information content (AvgIpc) is 2.63. The summed E-state index contributed by atoms with van der Waals surface area (Å²) in [6.07, 6.45) is 0. The molecule has 0 unspecified atom stereocenters. The highest BCUT2D eigenvalue weighted by Gasteiger charge is 2.23. The molecule has 1 aromatic carbocycles. The van der Waals surface area contributed by atoms with Crippen LogP contribution in [-0.4, -0.2) is 37.4 Å². The lowest BCUT2D eigenvalue weighted by Crippen LogP contribution is -2.27. The minimum atomic E-state index is -1.86. The van der Waals surface area contributed by atoms with E-state index in [1.165, 1.54) is 36.7 Å². The van der Waals surface area contributed by atoms with Crippen LogP contribution in [-0.2, 0) is 6.54 Å². The number of carbonyl (C=O) groups is 1. The summed E-state index contributed by atoms with van der Waals surface area (Å²) in [5, 5.41) is 23.6. The summed E-state index contributed by atoms with van der Waals surface area (Å²) in [6, 6.07) is 4.53. The zero-order chi connectivity index (χ0) is 16.7. The fourth-order valence-electron chi connectivity index (χ4n) is 2.14. The molecule has 0 spiro atoms. The van der Waals surface area contributed by atoms with Crippen LogP contribution in [0.2, 0.25) is 0 Å². The molecular formula is C15H19FN2O4. The largest absolute Gasteiger partial charge is 0.476 e. The van der Waals surface area contributed by atoms with Crippen LogP contribution < -0.4 is 4.74 Å². The van der Waals surface area contributed by atoms with Gasteiger partial charge < -0.3 is 14.9 Å². The van der Waals surface area contributed by atoms with E-state index in [2.05, 4.69) is 5.10 Å². The van der Waals surface area contributed by atoms with Crippen LogP contribution in [0.1, 0.15) is 38.2 Å². The molecule has 22 heavy (non-hydrogen) atoms. The number of nitrogens with zero attached hydrogens (tertiary/aromatic N) is 2. The Kier molecular flexibility index (Phi) is 3.87. The van der Waals surface area contributed by atoms with Gasteiger partial charge in [-0.15, -0.1) is 0 Å². The van der Waals surface area contributed by atoms with Gasteiger partial charge in [-0.3, -0.25) is 4.68 Å². The van der Waals surface area contributed by atoms with Crippen molar-refractivity contribution in [3.63, 3.8) is 0 Å². The molecule has 0 aliphatic carbocycles. The third-order valence-corrected chi connectivity index (χ3v) is 2.82. The van der Waals surface area contributed by atoms with Gasteiger partial charge in [0, 0.05) is 25.3 Å². The molecule has 0 atom stereocenters. The topological polar surface area (TPSA) is 84.6 Å². The molecule has 0 aliphatic rings. The van der Waals surface area contributed by atoms with E-state index >= 15 is 0 Å². The summed E-state index contributed by atoms with van der Waals surface area (Å²) in [6.45, 7) is 5.82. The Bertz CT molecular complexity index is 711. The first-order valence-corrected chi connectivity index (χ1v) is 6.80. The lowest BCUT2D eigenvalue weighted by atomic mass is 10.1. The van der Waals surface area contributed by atoms with E-state index in [1.807, 2.05) is 0 Å². The van der Waals surface area contributed by atoms with Gasteiger partial charge in [0.25, 0.3) is 0 Å². The number of rotatable bonds is 5. The number of alkyl halides is 1. The number of fused-ring (bicyclic) bond motifs is 1. The monoisotopic (exact) mass is 310 g/mol. The zero-order valence-electron chi connectivity index (χ0n) is 12.9. The Hall–Kier alpha value is -2.15. The van der Waals surface area contributed by atoms with Crippen LogP contribution in [0, 0.1) is 0 Å². The van der Waals surface area contributed by atoms with Gasteiger partial charge >= 0.3 is 5.97 Å². The Labute approximate surface area is 127 Å². The zero-order valence-corrected chi connectivity index (χ0v) is 12.9. The molecule has 0 radical (unpaired) electrons. The Morgan fingerprint density at radius 3 is 2.50 bits per heavy atom. The molecule has 7 heteroatoms. The Morgan fingerprint density at radius 1 is 1.36 bits per heavy atom. The van der Waals surface area contributed by atoms with Crippen LogP contribution in [0.25, 0.3) is 10.9 Å². The van der Waals surface area contributed by atoms with Crippen molar-refractivity contribution in [2.75, 3.05) is 0 Å². The predicted octanol–water partition coefficient (Wildman–Crippen LogP) is 2.59. The number of benzene rings is 1. The van der Waals surface area contributed by atoms with Crippen LogP contribution in [0.5, 0.6) is 5.75 Å². The predicted molar refractivity (Wildman–Crippen MR) is 78.8 cm³/mol. The van der Waals surface area contributed by atoms with Crippen LogP contribution in [0.4, 0.5) is 4.39 Å². The molecule has 1 aromatic heterocycles. The highest BCUT2D eigenvalue weighted by molar-refractivity contribution is 6.01. The molecule has 2 rings (SSSR count). The molecule has 1 heterocycles. The maximum Gasteiger partial charge on any atom is 0.357 e. The van der Waals surface area contributed by atoms with Gasteiger partial charge in [-0.1, -0.05) is 0 Å². The van der Waals surface area contributed by atoms with Gasteiger partial charge in [-0.05, 0) is 26.0 Å². The van der Waals surface area contributed by atoms with E-state index < -0.39 is 17.4 Å². The number of hydrogen-bond donors (Lipinski definition) is 2. The van der Waals surface area contributed by atoms with Gasteiger partial charge in [-0.2, -0.15) is 9.49 Å². The number of halogens is 1. The number of aromatic carboxylic acids is 1. The number of aliphatic hydroxyl groups is 1. The molecule has 120 valence electrons. The van der Waals surface area contributed by atoms with Gasteiger partial charge in [0.1, 0.15) is 5.75 Å². The second-order valence-corrected chi connectivity index (χ2v) is 6.27.